The summed E-state index contributed by atoms with van der Waals surface area (Å²) in [6.07, 6.45) is 1.95. The molecule has 1 saturated heterocycles. The number of nitrogens with one attached hydrogen (secondary N) is 1. The van der Waals surface area contributed by atoms with Crippen LogP contribution in [0, 0.1) is 0 Å². The molecule has 1 aliphatic heterocycles. The summed E-state index contributed by atoms with van der Waals surface area (Å²) >= 11 is 0. The van der Waals surface area contributed by atoms with E-state index in [4.69, 9.17) is 14.2 Å². The summed E-state index contributed by atoms with van der Waals surface area (Å²) in [6, 6.07) is 4.03. The molecule has 5 nitrogen and oxygen atoms in total. The first kappa shape index (κ1) is 21.9. The fourth-order valence-electron chi connectivity index (χ4n) is 2.79. The van der Waals surface area contributed by atoms with Gasteiger partial charge < -0.3 is 19.5 Å². The first-order valence-corrected chi connectivity index (χ1v) is 7.13. The van der Waals surface area contributed by atoms with E-state index in [0.29, 0.717) is 17.2 Å². The zero-order chi connectivity index (χ0) is 15.2. The number of halogens is 2. The molecule has 0 aliphatic carbocycles. The van der Waals surface area contributed by atoms with Gasteiger partial charge in [-0.1, -0.05) is 6.08 Å². The summed E-state index contributed by atoms with van der Waals surface area (Å²) in [5, 5.41) is 3.36. The maximum atomic E-state index is 5.59. The van der Waals surface area contributed by atoms with Crippen LogP contribution >= 0.6 is 24.8 Å². The summed E-state index contributed by atoms with van der Waals surface area (Å²) in [4.78, 5) is 2.38. The SMILES string of the molecule is C=C[C@H](c1ccc(OC)c(OC)c1OC)N1CCNCC1.Cl.Cl. The van der Waals surface area contributed by atoms with Gasteiger partial charge in [-0.3, -0.25) is 4.90 Å². The van der Waals surface area contributed by atoms with E-state index in [2.05, 4.69) is 16.8 Å². The summed E-state index contributed by atoms with van der Waals surface area (Å²) in [6.45, 7) is 7.93. The molecule has 7 heteroatoms. The summed E-state index contributed by atoms with van der Waals surface area (Å²) in [5.41, 5.74) is 1.05. The molecule has 132 valence electrons. The lowest BCUT2D eigenvalue weighted by atomic mass is 10.0. The lowest BCUT2D eigenvalue weighted by Crippen LogP contribution is -2.44. The fourth-order valence-corrected chi connectivity index (χ4v) is 2.79. The molecule has 1 fully saturated rings. The Morgan fingerprint density at radius 3 is 2.13 bits per heavy atom. The van der Waals surface area contributed by atoms with Crippen molar-refractivity contribution in [2.45, 2.75) is 6.04 Å². The number of methoxy groups -OCH3 is 3. The minimum absolute atomic E-state index is 0. The first-order valence-electron chi connectivity index (χ1n) is 7.13. The zero-order valence-corrected chi connectivity index (χ0v) is 15.5. The van der Waals surface area contributed by atoms with Crippen LogP contribution in [0.5, 0.6) is 17.2 Å². The van der Waals surface area contributed by atoms with Crippen LogP contribution in [0.4, 0.5) is 0 Å². The van der Waals surface area contributed by atoms with Crippen molar-refractivity contribution >= 4 is 24.8 Å². The Balaban J connectivity index is 0.00000242. The van der Waals surface area contributed by atoms with E-state index in [0.717, 1.165) is 31.7 Å². The molecule has 0 bridgehead atoms. The van der Waals surface area contributed by atoms with E-state index in [-0.39, 0.29) is 30.9 Å². The van der Waals surface area contributed by atoms with Gasteiger partial charge in [0.15, 0.2) is 11.5 Å². The lowest BCUT2D eigenvalue weighted by molar-refractivity contribution is 0.199. The van der Waals surface area contributed by atoms with E-state index < -0.39 is 0 Å². The van der Waals surface area contributed by atoms with Gasteiger partial charge >= 0.3 is 0 Å². The number of benzene rings is 1. The Labute approximate surface area is 150 Å². The molecule has 1 atom stereocenters. The third-order valence-electron chi connectivity index (χ3n) is 3.82. The molecule has 0 saturated carbocycles. The van der Waals surface area contributed by atoms with Gasteiger partial charge in [-0.25, -0.2) is 0 Å². The van der Waals surface area contributed by atoms with Crippen molar-refractivity contribution < 1.29 is 14.2 Å². The standard InChI is InChI=1S/C16H24N2O3.2ClH/c1-5-13(18-10-8-17-9-11-18)12-6-7-14(19-2)16(21-4)15(12)20-3;;/h5-7,13,17H,1,8-11H2,2-4H3;2*1H/t13-;;/m1../s1. The van der Waals surface area contributed by atoms with Crippen LogP contribution < -0.4 is 19.5 Å². The second-order valence-electron chi connectivity index (χ2n) is 4.89. The minimum Gasteiger partial charge on any atom is -0.493 e. The molecule has 23 heavy (non-hydrogen) atoms. The van der Waals surface area contributed by atoms with Crippen LogP contribution in [0.25, 0.3) is 0 Å². The fraction of sp³-hybridized carbons (Fsp3) is 0.500. The van der Waals surface area contributed by atoms with Crippen molar-refractivity contribution in [3.05, 3.63) is 30.4 Å². The average Bonchev–Trinajstić information content (AvgIpc) is 2.55. The summed E-state index contributed by atoms with van der Waals surface area (Å²) in [5.74, 6) is 2.00. The molecule has 1 heterocycles. The van der Waals surface area contributed by atoms with Crippen molar-refractivity contribution in [2.24, 2.45) is 0 Å². The lowest BCUT2D eigenvalue weighted by Gasteiger charge is -2.34. The number of ether oxygens (including phenoxy) is 3. The normalized spacial score (nSPS) is 15.6. The van der Waals surface area contributed by atoms with Crippen LogP contribution in [0.2, 0.25) is 0 Å². The molecule has 1 aromatic rings. The van der Waals surface area contributed by atoms with E-state index in [9.17, 15) is 0 Å². The maximum Gasteiger partial charge on any atom is 0.203 e. The van der Waals surface area contributed by atoms with Gasteiger partial charge in [0.1, 0.15) is 0 Å². The van der Waals surface area contributed by atoms with Crippen molar-refractivity contribution in [1.82, 2.24) is 10.2 Å². The predicted octanol–water partition coefficient (Wildman–Crippen LogP) is 2.69. The molecule has 0 amide bonds. The quantitative estimate of drug-likeness (QED) is 0.786. The van der Waals surface area contributed by atoms with Crippen molar-refractivity contribution in [3.63, 3.8) is 0 Å². The number of hydrogen-bond acceptors (Lipinski definition) is 5. The highest BCUT2D eigenvalue weighted by molar-refractivity contribution is 5.85. The Kier molecular flexibility index (Phi) is 10.1. The predicted molar refractivity (Wildman–Crippen MR) is 98.0 cm³/mol. The Hall–Kier alpha value is -1.14. The average molecular weight is 365 g/mol. The van der Waals surface area contributed by atoms with Gasteiger partial charge in [0.25, 0.3) is 0 Å². The van der Waals surface area contributed by atoms with Gasteiger partial charge in [-0.15, -0.1) is 31.4 Å². The summed E-state index contributed by atoms with van der Waals surface area (Å²) < 4.78 is 16.4. The van der Waals surface area contributed by atoms with E-state index >= 15 is 0 Å². The Morgan fingerprint density at radius 1 is 1.04 bits per heavy atom. The smallest absolute Gasteiger partial charge is 0.203 e. The largest absolute Gasteiger partial charge is 0.493 e. The highest BCUT2D eigenvalue weighted by Crippen LogP contribution is 2.43. The first-order chi connectivity index (χ1) is 10.3. The third kappa shape index (κ3) is 4.67. The number of hydrogen-bond donors (Lipinski definition) is 1. The minimum atomic E-state index is 0. The van der Waals surface area contributed by atoms with Crippen LogP contribution in [-0.4, -0.2) is 52.4 Å². The monoisotopic (exact) mass is 364 g/mol. The molecular formula is C16H26Cl2N2O3. The van der Waals surface area contributed by atoms with Gasteiger partial charge in [0, 0.05) is 31.7 Å². The summed E-state index contributed by atoms with van der Waals surface area (Å²) in [7, 11) is 4.90. The topological polar surface area (TPSA) is 43.0 Å². The number of rotatable bonds is 6. The molecule has 0 radical (unpaired) electrons. The van der Waals surface area contributed by atoms with Gasteiger partial charge in [-0.2, -0.15) is 0 Å². The Bertz CT molecular complexity index is 494. The maximum absolute atomic E-state index is 5.59. The van der Waals surface area contributed by atoms with Crippen LogP contribution in [-0.2, 0) is 0 Å². The van der Waals surface area contributed by atoms with Gasteiger partial charge in [0.05, 0.1) is 27.4 Å². The van der Waals surface area contributed by atoms with E-state index in [1.165, 1.54) is 0 Å². The molecule has 2 rings (SSSR count). The van der Waals surface area contributed by atoms with E-state index in [1.54, 1.807) is 21.3 Å². The second-order valence-corrected chi connectivity index (χ2v) is 4.89. The van der Waals surface area contributed by atoms with Crippen molar-refractivity contribution in [3.8, 4) is 17.2 Å². The Morgan fingerprint density at radius 2 is 1.65 bits per heavy atom. The molecule has 0 spiro atoms. The highest BCUT2D eigenvalue weighted by Gasteiger charge is 2.25. The zero-order valence-electron chi connectivity index (χ0n) is 13.8. The molecule has 1 aliphatic rings. The molecule has 1 aromatic carbocycles. The molecule has 1 N–H and O–H groups in total. The second kappa shape index (κ2) is 10.6. The van der Waals surface area contributed by atoms with Crippen molar-refractivity contribution in [2.75, 3.05) is 47.5 Å². The van der Waals surface area contributed by atoms with Crippen molar-refractivity contribution in [1.29, 1.82) is 0 Å². The van der Waals surface area contributed by atoms with Crippen LogP contribution in [0.1, 0.15) is 11.6 Å². The third-order valence-corrected chi connectivity index (χ3v) is 3.82. The molecule has 0 aromatic heterocycles. The number of piperazine rings is 1. The highest BCUT2D eigenvalue weighted by atomic mass is 35.5. The van der Waals surface area contributed by atoms with Gasteiger partial charge in [0.2, 0.25) is 5.75 Å². The van der Waals surface area contributed by atoms with Crippen LogP contribution in [0.15, 0.2) is 24.8 Å². The van der Waals surface area contributed by atoms with Gasteiger partial charge in [-0.05, 0) is 12.1 Å². The number of nitrogens with zero attached hydrogens (tertiary/aromatic N) is 1. The van der Waals surface area contributed by atoms with Crippen LogP contribution in [0.3, 0.4) is 0 Å². The molecule has 0 unspecified atom stereocenters. The van der Waals surface area contributed by atoms with E-state index in [1.807, 2.05) is 18.2 Å². The molecular weight excluding hydrogens is 339 g/mol.